The molecule has 9 heteroatoms. The fraction of sp³-hybridized carbons (Fsp3) is 0.545. The smallest absolute Gasteiger partial charge is 0.269 e. The number of hydrogen-bond donors (Lipinski definition) is 2. The second-order valence-corrected chi connectivity index (χ2v) is 9.58. The maximum Gasteiger partial charge on any atom is 0.269 e. The number of benzene rings is 1. The quantitative estimate of drug-likeness (QED) is 0.727. The summed E-state index contributed by atoms with van der Waals surface area (Å²) >= 11 is 0. The number of carbonyl (C=O) groups excluding carboxylic acids is 3. The summed E-state index contributed by atoms with van der Waals surface area (Å²) < 4.78 is 15.7. The first-order valence-corrected chi connectivity index (χ1v) is 10.6. The van der Waals surface area contributed by atoms with Crippen LogP contribution in [-0.4, -0.2) is 57.2 Å². The lowest BCUT2D eigenvalue weighted by atomic mass is 9.90. The van der Waals surface area contributed by atoms with Crippen molar-refractivity contribution in [1.29, 1.82) is 0 Å². The lowest BCUT2D eigenvalue weighted by Crippen LogP contribution is -2.50. The molecule has 1 unspecified atom stereocenters. The fourth-order valence-electron chi connectivity index (χ4n) is 4.30. The van der Waals surface area contributed by atoms with Crippen LogP contribution >= 0.6 is 0 Å². The Labute approximate surface area is 179 Å². The molecule has 8 nitrogen and oxygen atoms in total. The Morgan fingerprint density at radius 2 is 1.97 bits per heavy atom. The summed E-state index contributed by atoms with van der Waals surface area (Å²) in [6.45, 7) is 5.15. The van der Waals surface area contributed by atoms with Gasteiger partial charge >= 0.3 is 0 Å². The molecule has 0 spiro atoms. The van der Waals surface area contributed by atoms with E-state index in [0.29, 0.717) is 23.2 Å². The summed E-state index contributed by atoms with van der Waals surface area (Å²) in [5.41, 5.74) is 5.60. The van der Waals surface area contributed by atoms with Crippen LogP contribution in [0.5, 0.6) is 0 Å². The van der Waals surface area contributed by atoms with Gasteiger partial charge in [-0.3, -0.25) is 19.1 Å². The molecule has 2 heterocycles. The highest BCUT2D eigenvalue weighted by Gasteiger charge is 2.56. The van der Waals surface area contributed by atoms with Crippen molar-refractivity contribution in [3.8, 4) is 0 Å². The number of nitrogens with one attached hydrogen (secondary N) is 1. The van der Waals surface area contributed by atoms with Crippen LogP contribution < -0.4 is 11.1 Å². The van der Waals surface area contributed by atoms with E-state index >= 15 is 0 Å². The Hall–Kier alpha value is -2.97. The van der Waals surface area contributed by atoms with Crippen LogP contribution in [0.2, 0.25) is 0 Å². The zero-order chi connectivity index (χ0) is 22.5. The van der Waals surface area contributed by atoms with E-state index in [0.717, 1.165) is 6.42 Å². The Kier molecular flexibility index (Phi) is 5.23. The third kappa shape index (κ3) is 4.00. The van der Waals surface area contributed by atoms with Crippen LogP contribution in [0.1, 0.15) is 44.1 Å². The summed E-state index contributed by atoms with van der Waals surface area (Å²) in [6, 6.07) is 6.49. The van der Waals surface area contributed by atoms with Gasteiger partial charge in [0.2, 0.25) is 11.8 Å². The van der Waals surface area contributed by atoms with E-state index in [2.05, 4.69) is 10.4 Å². The topological polar surface area (TPSA) is 110 Å². The van der Waals surface area contributed by atoms with E-state index in [9.17, 15) is 18.8 Å². The van der Waals surface area contributed by atoms with Gasteiger partial charge in [-0.25, -0.2) is 4.39 Å². The number of nitrogens with zero attached hydrogens (tertiary/aromatic N) is 3. The molecule has 1 aromatic heterocycles. The molecular formula is C22H28FN5O3. The van der Waals surface area contributed by atoms with Crippen molar-refractivity contribution >= 4 is 28.6 Å². The van der Waals surface area contributed by atoms with Gasteiger partial charge in [-0.15, -0.1) is 0 Å². The number of fused-ring (bicyclic) bond motifs is 2. The summed E-state index contributed by atoms with van der Waals surface area (Å²) in [5.74, 6) is -0.931. The van der Waals surface area contributed by atoms with Gasteiger partial charge in [0.1, 0.15) is 18.8 Å². The molecule has 4 rings (SSSR count). The molecule has 1 aliphatic carbocycles. The Balaban J connectivity index is 1.50. The van der Waals surface area contributed by atoms with Crippen LogP contribution in [0.15, 0.2) is 24.3 Å². The largest absolute Gasteiger partial charge is 0.364 e. The number of alkyl halides is 1. The number of halogens is 1. The van der Waals surface area contributed by atoms with Gasteiger partial charge < -0.3 is 16.0 Å². The number of hydrogen-bond acceptors (Lipinski definition) is 4. The molecule has 31 heavy (non-hydrogen) atoms. The van der Waals surface area contributed by atoms with Crippen LogP contribution in [0.4, 0.5) is 4.39 Å². The van der Waals surface area contributed by atoms with Gasteiger partial charge in [-0.2, -0.15) is 5.10 Å². The van der Waals surface area contributed by atoms with Crippen LogP contribution in [-0.2, 0) is 16.1 Å². The number of piperidine rings is 1. The number of carbonyl (C=O) groups is 3. The average Bonchev–Trinajstić information content (AvgIpc) is 3.21. The minimum atomic E-state index is -1.18. The van der Waals surface area contributed by atoms with E-state index < -0.39 is 23.5 Å². The average molecular weight is 429 g/mol. The van der Waals surface area contributed by atoms with E-state index in [-0.39, 0.29) is 36.6 Å². The summed E-state index contributed by atoms with van der Waals surface area (Å²) in [6.07, 6.45) is 0.274. The summed E-state index contributed by atoms with van der Waals surface area (Å²) in [4.78, 5) is 39.3. The molecule has 3 amide bonds. The maximum absolute atomic E-state index is 14.3. The van der Waals surface area contributed by atoms with Crippen LogP contribution in [0.25, 0.3) is 10.9 Å². The minimum Gasteiger partial charge on any atom is -0.364 e. The van der Waals surface area contributed by atoms with Gasteiger partial charge in [0.15, 0.2) is 5.69 Å². The zero-order valence-corrected chi connectivity index (χ0v) is 18.0. The van der Waals surface area contributed by atoms with Crippen molar-refractivity contribution in [2.45, 2.75) is 58.4 Å². The monoisotopic (exact) mass is 429 g/mol. The predicted molar refractivity (Wildman–Crippen MR) is 113 cm³/mol. The first-order valence-electron chi connectivity index (χ1n) is 10.6. The second kappa shape index (κ2) is 7.62. The Bertz CT molecular complexity index is 1040. The van der Waals surface area contributed by atoms with E-state index in [1.807, 2.05) is 0 Å². The summed E-state index contributed by atoms with van der Waals surface area (Å²) in [7, 11) is 0. The molecule has 1 saturated heterocycles. The first kappa shape index (κ1) is 21.3. The minimum absolute atomic E-state index is 0.0319. The lowest BCUT2D eigenvalue weighted by molar-refractivity contribution is -0.140. The van der Waals surface area contributed by atoms with E-state index in [1.54, 1.807) is 49.9 Å². The molecule has 0 radical (unpaired) electrons. The predicted octanol–water partition coefficient (Wildman–Crippen LogP) is 1.62. The molecule has 2 aromatic rings. The fourth-order valence-corrected chi connectivity index (χ4v) is 4.30. The Morgan fingerprint density at radius 1 is 1.26 bits per heavy atom. The van der Waals surface area contributed by atoms with Crippen LogP contribution in [0, 0.1) is 11.3 Å². The highest BCUT2D eigenvalue weighted by Crippen LogP contribution is 2.48. The van der Waals surface area contributed by atoms with Crippen molar-refractivity contribution in [3.63, 3.8) is 0 Å². The number of para-hydroxylation sites is 1. The van der Waals surface area contributed by atoms with Gasteiger partial charge in [0.25, 0.3) is 5.91 Å². The number of nitrogens with two attached hydrogens (primary N) is 1. The van der Waals surface area contributed by atoms with Crippen molar-refractivity contribution in [1.82, 2.24) is 20.0 Å². The normalized spacial score (nSPS) is 23.5. The Morgan fingerprint density at radius 3 is 2.65 bits per heavy atom. The molecule has 2 fully saturated rings. The zero-order valence-electron chi connectivity index (χ0n) is 18.0. The highest BCUT2D eigenvalue weighted by molar-refractivity contribution is 6.04. The summed E-state index contributed by atoms with van der Waals surface area (Å²) in [5, 5.41) is 7.50. The number of amides is 3. The molecule has 3 N–H and O–H groups in total. The first-order chi connectivity index (χ1) is 14.6. The molecule has 2 aliphatic rings. The van der Waals surface area contributed by atoms with Gasteiger partial charge in [-0.05, 0) is 30.2 Å². The molecule has 1 saturated carbocycles. The molecule has 4 atom stereocenters. The number of rotatable bonds is 6. The van der Waals surface area contributed by atoms with E-state index in [4.69, 9.17) is 5.73 Å². The molecule has 166 valence electrons. The van der Waals surface area contributed by atoms with E-state index in [1.165, 1.54) is 4.68 Å². The number of primary amides is 1. The molecule has 1 aliphatic heterocycles. The van der Waals surface area contributed by atoms with Crippen molar-refractivity contribution in [2.24, 2.45) is 17.1 Å². The third-order valence-corrected chi connectivity index (χ3v) is 6.27. The highest BCUT2D eigenvalue weighted by atomic mass is 19.1. The number of aromatic nitrogens is 2. The van der Waals surface area contributed by atoms with Crippen molar-refractivity contribution < 1.29 is 18.8 Å². The maximum atomic E-state index is 14.3. The molecule has 1 aromatic carbocycles. The van der Waals surface area contributed by atoms with Crippen molar-refractivity contribution in [3.05, 3.63) is 30.0 Å². The SMILES string of the molecule is CC(C)(C)C(F)CNC(=O)[C@@H]1C[C@H]2C[C@H]2N1C(=O)Cn1nc(C(N)=O)c2ccccc21. The molecular weight excluding hydrogens is 401 g/mol. The third-order valence-electron chi connectivity index (χ3n) is 6.27. The van der Waals surface area contributed by atoms with Crippen molar-refractivity contribution in [2.75, 3.05) is 6.54 Å². The number of likely N-dealkylation sites (tertiary alicyclic amines) is 1. The standard InChI is InChI=1S/C22H28FN5O3/c1-22(2,3)17(23)10-25-21(31)16-9-12-8-15(12)28(16)18(29)11-27-14-7-5-4-6-13(14)19(26-27)20(24)30/h4-7,12,15-17H,8-11H2,1-3H3,(H2,24,30)(H,25,31)/t12-,15-,16+,17?/m1/s1. The van der Waals surface area contributed by atoms with Crippen LogP contribution in [0.3, 0.4) is 0 Å². The van der Waals surface area contributed by atoms with Gasteiger partial charge in [0.05, 0.1) is 5.52 Å². The lowest BCUT2D eigenvalue weighted by Gasteiger charge is -2.28. The van der Waals surface area contributed by atoms with Gasteiger partial charge in [-0.1, -0.05) is 39.0 Å². The van der Waals surface area contributed by atoms with Gasteiger partial charge in [0, 0.05) is 18.0 Å². The second-order valence-electron chi connectivity index (χ2n) is 9.58. The molecule has 0 bridgehead atoms.